The average molecular weight is 295 g/mol. The van der Waals surface area contributed by atoms with Gasteiger partial charge < -0.3 is 0 Å². The van der Waals surface area contributed by atoms with Crippen molar-refractivity contribution in [2.24, 2.45) is 4.99 Å². The Bertz CT molecular complexity index is 234. The Kier molecular flexibility index (Phi) is 4.38. The molecule has 0 aromatic heterocycles. The molecule has 0 bridgehead atoms. The Morgan fingerprint density at radius 2 is 2.21 bits per heavy atom. The number of rotatable bonds is 4. The second-order valence-corrected chi connectivity index (χ2v) is 6.63. The molecule has 0 aliphatic carbocycles. The van der Waals surface area contributed by atoms with Crippen LogP contribution in [-0.2, 0) is 4.74 Å². The summed E-state index contributed by atoms with van der Waals surface area (Å²) >= 11 is -0.544. The first-order chi connectivity index (χ1) is 6.95. The molecule has 2 heterocycles. The van der Waals surface area contributed by atoms with Gasteiger partial charge in [0.1, 0.15) is 0 Å². The fourth-order valence-corrected chi connectivity index (χ4v) is 3.73. The van der Waals surface area contributed by atoms with Crippen LogP contribution in [-0.4, -0.2) is 58.0 Å². The van der Waals surface area contributed by atoms with E-state index in [9.17, 15) is 0 Å². The third-order valence-corrected chi connectivity index (χ3v) is 4.91. The van der Waals surface area contributed by atoms with E-state index < -0.39 is 22.9 Å². The molecule has 0 unspecified atom stereocenters. The van der Waals surface area contributed by atoms with E-state index in [0.29, 0.717) is 0 Å². The number of likely N-dealkylation sites (tertiary alicyclic amines) is 1. The van der Waals surface area contributed by atoms with Crippen molar-refractivity contribution in [1.29, 1.82) is 0 Å². The Hall–Kier alpha value is 0.0401. The molecule has 2 aliphatic rings. The van der Waals surface area contributed by atoms with Gasteiger partial charge >= 0.3 is 96.7 Å². The second kappa shape index (κ2) is 5.81. The molecule has 14 heavy (non-hydrogen) atoms. The van der Waals surface area contributed by atoms with Crippen LogP contribution in [0, 0.1) is 0 Å². The normalized spacial score (nSPS) is 21.9. The number of aliphatic imine (C=N–C) groups is 1. The van der Waals surface area contributed by atoms with Gasteiger partial charge in [-0.15, -0.1) is 0 Å². The third-order valence-electron chi connectivity index (χ3n) is 2.63. The Morgan fingerprint density at radius 3 is 2.93 bits per heavy atom. The summed E-state index contributed by atoms with van der Waals surface area (Å²) in [6, 6.07) is 0. The first kappa shape index (κ1) is 10.6. The predicted molar refractivity (Wildman–Crippen MR) is 58.6 cm³/mol. The first-order valence-electron chi connectivity index (χ1n) is 5.38. The van der Waals surface area contributed by atoms with E-state index in [1.807, 2.05) is 0 Å². The van der Waals surface area contributed by atoms with Gasteiger partial charge in [-0.2, -0.15) is 0 Å². The summed E-state index contributed by atoms with van der Waals surface area (Å²) in [4.78, 5) is 6.69. The van der Waals surface area contributed by atoms with Crippen LogP contribution in [0.1, 0.15) is 19.3 Å². The van der Waals surface area contributed by atoms with E-state index in [-0.39, 0.29) is 0 Å². The van der Waals surface area contributed by atoms with Gasteiger partial charge in [-0.1, -0.05) is 0 Å². The minimum absolute atomic E-state index is 0.544. The van der Waals surface area contributed by atoms with E-state index in [1.165, 1.54) is 32.4 Å². The quantitative estimate of drug-likeness (QED) is 0.774. The number of ether oxygens (including phenoxy) is 1. The van der Waals surface area contributed by atoms with Gasteiger partial charge in [0.15, 0.2) is 0 Å². The van der Waals surface area contributed by atoms with Gasteiger partial charge in [0, 0.05) is 0 Å². The van der Waals surface area contributed by atoms with Gasteiger partial charge in [-0.25, -0.2) is 0 Å². The summed E-state index contributed by atoms with van der Waals surface area (Å²) in [5.74, 6) is 0.892. The van der Waals surface area contributed by atoms with E-state index in [0.717, 1.165) is 19.0 Å². The number of hydrogen-bond donors (Lipinski definition) is 0. The molecule has 0 atom stereocenters. The van der Waals surface area contributed by atoms with Gasteiger partial charge in [-0.05, 0) is 0 Å². The molecule has 1 radical (unpaired) electrons. The molecule has 3 nitrogen and oxygen atoms in total. The summed E-state index contributed by atoms with van der Waals surface area (Å²) in [7, 11) is 0. The van der Waals surface area contributed by atoms with Gasteiger partial charge in [-0.3, -0.25) is 0 Å². The van der Waals surface area contributed by atoms with Crippen LogP contribution in [0.3, 0.4) is 0 Å². The van der Waals surface area contributed by atoms with E-state index >= 15 is 0 Å². The summed E-state index contributed by atoms with van der Waals surface area (Å²) < 4.78 is 9.86. The topological polar surface area (TPSA) is 24.8 Å². The van der Waals surface area contributed by atoms with Crippen molar-refractivity contribution in [2.75, 3.05) is 26.2 Å². The molecule has 0 aromatic rings. The molecule has 2 aliphatic heterocycles. The average Bonchev–Trinajstić information content (AvgIpc) is 2.72. The molecule has 1 fully saturated rings. The fourth-order valence-electron chi connectivity index (χ4n) is 1.83. The van der Waals surface area contributed by atoms with E-state index in [1.54, 1.807) is 0 Å². The maximum absolute atomic E-state index is 5.57. The maximum atomic E-state index is 5.57. The van der Waals surface area contributed by atoms with Gasteiger partial charge in [0.2, 0.25) is 0 Å². The predicted octanol–water partition coefficient (Wildman–Crippen LogP) is 1.03. The summed E-state index contributed by atoms with van der Waals surface area (Å²) in [5.41, 5.74) is 0. The first-order valence-corrected chi connectivity index (χ1v) is 9.18. The molecule has 0 aromatic carbocycles. The number of nitrogens with zero attached hydrogens (tertiary/aromatic N) is 2. The Balaban J connectivity index is 1.59. The third kappa shape index (κ3) is 3.31. The van der Waals surface area contributed by atoms with E-state index in [2.05, 4.69) is 17.7 Å². The van der Waals surface area contributed by atoms with Crippen molar-refractivity contribution in [3.8, 4) is 0 Å². The summed E-state index contributed by atoms with van der Waals surface area (Å²) in [5, 5.41) is 0. The van der Waals surface area contributed by atoms with Crippen LogP contribution < -0.4 is 0 Å². The van der Waals surface area contributed by atoms with Crippen molar-refractivity contribution >= 4 is 26.9 Å². The van der Waals surface area contributed by atoms with Crippen LogP contribution >= 0.6 is 0 Å². The van der Waals surface area contributed by atoms with Crippen molar-refractivity contribution in [1.82, 2.24) is 4.90 Å². The molecule has 0 N–H and O–H groups in total. The van der Waals surface area contributed by atoms with Crippen molar-refractivity contribution in [3.63, 3.8) is 0 Å². The van der Waals surface area contributed by atoms with Gasteiger partial charge in [0.05, 0.1) is 0 Å². The SMILES string of the molecule is [CH]1=NC(OCCN2CCCCC2)=[CH][In]1. The monoisotopic (exact) mass is 295 g/mol. The molecule has 2 rings (SSSR count). The molecule has 0 spiro atoms. The van der Waals surface area contributed by atoms with Crippen LogP contribution in [0.5, 0.6) is 0 Å². The molecular formula is C10H16InN2O. The van der Waals surface area contributed by atoms with Crippen molar-refractivity contribution in [3.05, 3.63) is 9.72 Å². The van der Waals surface area contributed by atoms with Crippen molar-refractivity contribution < 1.29 is 4.74 Å². The van der Waals surface area contributed by atoms with Crippen LogP contribution in [0.2, 0.25) is 0 Å². The van der Waals surface area contributed by atoms with E-state index in [4.69, 9.17) is 4.74 Å². The molecule has 0 saturated carbocycles. The Labute approximate surface area is 96.6 Å². The van der Waals surface area contributed by atoms with Crippen molar-refractivity contribution in [2.45, 2.75) is 19.3 Å². The zero-order chi connectivity index (χ0) is 9.64. The molecule has 4 heteroatoms. The molecule has 0 amide bonds. The van der Waals surface area contributed by atoms with Crippen LogP contribution in [0.25, 0.3) is 0 Å². The standard InChI is InChI=1S/C10H16N2O.In/c1-10(11-2)13-9-8-12-6-4-3-5-7-12;/h1-2H,3-9H2;. The molecule has 75 valence electrons. The van der Waals surface area contributed by atoms with Crippen LogP contribution in [0.4, 0.5) is 0 Å². The molecular weight excluding hydrogens is 279 g/mol. The fraction of sp³-hybridized carbons (Fsp3) is 0.700. The Morgan fingerprint density at radius 1 is 1.36 bits per heavy atom. The molecule has 1 saturated heterocycles. The second-order valence-electron chi connectivity index (χ2n) is 3.73. The minimum atomic E-state index is -0.544. The summed E-state index contributed by atoms with van der Waals surface area (Å²) in [6.07, 6.45) is 4.12. The zero-order valence-corrected chi connectivity index (χ0v) is 11.8. The summed E-state index contributed by atoms with van der Waals surface area (Å²) in [6.45, 7) is 4.39. The number of hydrogen-bond acceptors (Lipinski definition) is 3. The van der Waals surface area contributed by atoms with Crippen LogP contribution in [0.15, 0.2) is 14.7 Å². The zero-order valence-electron chi connectivity index (χ0n) is 8.48. The van der Waals surface area contributed by atoms with Gasteiger partial charge in [0.25, 0.3) is 0 Å². The number of piperidine rings is 1.